The van der Waals surface area contributed by atoms with Crippen LogP contribution in [0.5, 0.6) is 0 Å². The topological polar surface area (TPSA) is 67.9 Å². The predicted molar refractivity (Wildman–Crippen MR) is 95.8 cm³/mol. The van der Waals surface area contributed by atoms with E-state index < -0.39 is 0 Å². The summed E-state index contributed by atoms with van der Waals surface area (Å²) in [4.78, 5) is 20.2. The van der Waals surface area contributed by atoms with E-state index in [1.807, 2.05) is 0 Å². The Hall–Kier alpha value is -1.36. The van der Waals surface area contributed by atoms with Gasteiger partial charge >= 0.3 is 0 Å². The van der Waals surface area contributed by atoms with Crippen LogP contribution in [0.15, 0.2) is 9.95 Å². The molecule has 0 spiro atoms. The lowest BCUT2D eigenvalue weighted by molar-refractivity contribution is 0.0937. The second-order valence-electron chi connectivity index (χ2n) is 6.24. The fourth-order valence-electron chi connectivity index (χ4n) is 3.51. The first-order chi connectivity index (χ1) is 11.8. The molecular formula is C17H19N3O2S2. The van der Waals surface area contributed by atoms with Crippen LogP contribution in [-0.2, 0) is 24.1 Å². The van der Waals surface area contributed by atoms with Gasteiger partial charge in [-0.25, -0.2) is 4.98 Å². The molecule has 0 bridgehead atoms. The first-order valence-corrected chi connectivity index (χ1v) is 10.2. The Bertz CT molecular complexity index is 859. The van der Waals surface area contributed by atoms with Crippen LogP contribution in [-0.4, -0.2) is 28.0 Å². The average molecular weight is 361 g/mol. The fourth-order valence-corrected chi connectivity index (χ4v) is 5.66. The van der Waals surface area contributed by atoms with Crippen molar-refractivity contribution in [1.82, 2.24) is 9.55 Å². The van der Waals surface area contributed by atoms with Gasteiger partial charge in [0, 0.05) is 23.7 Å². The third-order valence-corrected chi connectivity index (χ3v) is 6.81. The molecule has 1 aliphatic heterocycles. The number of aromatic nitrogens is 2. The van der Waals surface area contributed by atoms with Crippen LogP contribution >= 0.6 is 23.1 Å². The highest BCUT2D eigenvalue weighted by molar-refractivity contribution is 7.99. The third kappa shape index (κ3) is 2.87. The zero-order chi connectivity index (χ0) is 16.5. The molecule has 24 heavy (non-hydrogen) atoms. The largest absolute Gasteiger partial charge is 0.376 e. The molecule has 1 atom stereocenters. The van der Waals surface area contributed by atoms with Crippen molar-refractivity contribution in [3.8, 4) is 6.07 Å². The summed E-state index contributed by atoms with van der Waals surface area (Å²) in [6, 6.07) is 2.16. The molecular weight excluding hydrogens is 342 g/mol. The molecule has 0 radical (unpaired) electrons. The number of thioether (sulfide) groups is 1. The summed E-state index contributed by atoms with van der Waals surface area (Å²) in [5.74, 6) is 0.658. The summed E-state index contributed by atoms with van der Waals surface area (Å²) in [6.07, 6.45) is 5.81. The standard InChI is InChI=1S/C17H19N3O2S2/c18-7-3-9-23-17-19-15-14(12-5-1-6-13(12)24-15)16(21)20(17)10-11-4-2-8-22-11/h11H,1-6,8-10H2/t11-/m1/s1. The molecule has 0 aromatic carbocycles. The van der Waals surface area contributed by atoms with Gasteiger partial charge in [0.2, 0.25) is 0 Å². The quantitative estimate of drug-likeness (QED) is 0.465. The third-order valence-electron chi connectivity index (χ3n) is 4.65. The molecule has 2 aromatic heterocycles. The molecule has 0 N–H and O–H groups in total. The van der Waals surface area contributed by atoms with Gasteiger partial charge < -0.3 is 4.74 Å². The number of rotatable bonds is 5. The molecule has 1 fully saturated rings. The summed E-state index contributed by atoms with van der Waals surface area (Å²) in [7, 11) is 0. The summed E-state index contributed by atoms with van der Waals surface area (Å²) in [6.45, 7) is 1.35. The van der Waals surface area contributed by atoms with Crippen LogP contribution < -0.4 is 5.56 Å². The zero-order valence-electron chi connectivity index (χ0n) is 13.4. The Kier molecular flexibility index (Phi) is 4.61. The Morgan fingerprint density at radius 2 is 2.33 bits per heavy atom. The van der Waals surface area contributed by atoms with E-state index in [-0.39, 0.29) is 11.7 Å². The van der Waals surface area contributed by atoms with Crippen molar-refractivity contribution in [2.75, 3.05) is 12.4 Å². The Morgan fingerprint density at radius 1 is 1.42 bits per heavy atom. The van der Waals surface area contributed by atoms with E-state index in [1.165, 1.54) is 22.2 Å². The fraction of sp³-hybridized carbons (Fsp3) is 0.588. The second-order valence-corrected chi connectivity index (χ2v) is 8.38. The number of hydrogen-bond donors (Lipinski definition) is 0. The van der Waals surface area contributed by atoms with Crippen molar-refractivity contribution in [2.45, 2.75) is 56.3 Å². The van der Waals surface area contributed by atoms with Crippen molar-refractivity contribution in [3.63, 3.8) is 0 Å². The van der Waals surface area contributed by atoms with E-state index in [9.17, 15) is 4.79 Å². The number of fused-ring (bicyclic) bond motifs is 3. The highest BCUT2D eigenvalue weighted by Crippen LogP contribution is 2.35. The first-order valence-electron chi connectivity index (χ1n) is 8.44. The molecule has 1 saturated heterocycles. The summed E-state index contributed by atoms with van der Waals surface area (Å²) in [5, 5.41) is 10.3. The molecule has 7 heteroatoms. The maximum Gasteiger partial charge on any atom is 0.263 e. The van der Waals surface area contributed by atoms with Crippen LogP contribution in [0, 0.1) is 11.3 Å². The lowest BCUT2D eigenvalue weighted by Gasteiger charge is -2.15. The maximum absolute atomic E-state index is 13.2. The van der Waals surface area contributed by atoms with Crippen LogP contribution in [0.2, 0.25) is 0 Å². The minimum atomic E-state index is 0.0781. The number of nitrogens with zero attached hydrogens (tertiary/aromatic N) is 3. The monoisotopic (exact) mass is 361 g/mol. The lowest BCUT2D eigenvalue weighted by Crippen LogP contribution is -2.29. The van der Waals surface area contributed by atoms with E-state index in [2.05, 4.69) is 6.07 Å². The first kappa shape index (κ1) is 16.1. The highest BCUT2D eigenvalue weighted by atomic mass is 32.2. The number of thiophene rings is 1. The lowest BCUT2D eigenvalue weighted by atomic mass is 10.2. The van der Waals surface area contributed by atoms with Crippen LogP contribution in [0.4, 0.5) is 0 Å². The van der Waals surface area contributed by atoms with Crippen LogP contribution in [0.25, 0.3) is 10.2 Å². The van der Waals surface area contributed by atoms with Crippen molar-refractivity contribution < 1.29 is 4.74 Å². The average Bonchev–Trinajstić information content (AvgIpc) is 3.27. The zero-order valence-corrected chi connectivity index (χ0v) is 15.0. The van der Waals surface area contributed by atoms with Gasteiger partial charge in [-0.2, -0.15) is 5.26 Å². The van der Waals surface area contributed by atoms with Crippen molar-refractivity contribution in [3.05, 3.63) is 20.8 Å². The number of aryl methyl sites for hydroxylation is 2. The SMILES string of the molecule is N#CCCSc1nc2sc3c(c2c(=O)n1C[C@H]1CCCO1)CCC3. The van der Waals surface area contributed by atoms with E-state index in [4.69, 9.17) is 15.0 Å². The van der Waals surface area contributed by atoms with Gasteiger partial charge in [0.05, 0.1) is 24.1 Å². The Labute approximate surface area is 148 Å². The van der Waals surface area contributed by atoms with E-state index >= 15 is 0 Å². The number of ether oxygens (including phenoxy) is 1. The highest BCUT2D eigenvalue weighted by Gasteiger charge is 2.25. The Balaban J connectivity index is 1.78. The van der Waals surface area contributed by atoms with Gasteiger partial charge in [0.1, 0.15) is 4.83 Å². The molecule has 2 aromatic rings. The van der Waals surface area contributed by atoms with Gasteiger partial charge in [0.15, 0.2) is 5.16 Å². The number of nitriles is 1. The molecule has 0 amide bonds. The summed E-state index contributed by atoms with van der Waals surface area (Å²) < 4.78 is 7.53. The van der Waals surface area contributed by atoms with E-state index in [0.29, 0.717) is 18.7 Å². The normalized spacial score (nSPS) is 19.7. The smallest absolute Gasteiger partial charge is 0.263 e. The van der Waals surface area contributed by atoms with Crippen molar-refractivity contribution >= 4 is 33.3 Å². The van der Waals surface area contributed by atoms with Crippen LogP contribution in [0.3, 0.4) is 0 Å². The summed E-state index contributed by atoms with van der Waals surface area (Å²) in [5.41, 5.74) is 1.30. The van der Waals surface area contributed by atoms with E-state index in [0.717, 1.165) is 54.1 Å². The Morgan fingerprint density at radius 3 is 3.12 bits per heavy atom. The molecule has 3 heterocycles. The van der Waals surface area contributed by atoms with Crippen LogP contribution in [0.1, 0.15) is 36.1 Å². The molecule has 126 valence electrons. The van der Waals surface area contributed by atoms with Gasteiger partial charge in [-0.1, -0.05) is 11.8 Å². The maximum atomic E-state index is 13.2. The number of hydrogen-bond acceptors (Lipinski definition) is 6. The van der Waals surface area contributed by atoms with Gasteiger partial charge in [-0.3, -0.25) is 9.36 Å². The van der Waals surface area contributed by atoms with Gasteiger partial charge in [0.25, 0.3) is 5.56 Å². The molecule has 0 saturated carbocycles. The van der Waals surface area contributed by atoms with Gasteiger partial charge in [-0.15, -0.1) is 11.3 Å². The minimum Gasteiger partial charge on any atom is -0.376 e. The van der Waals surface area contributed by atoms with Crippen molar-refractivity contribution in [1.29, 1.82) is 5.26 Å². The predicted octanol–water partition coefficient (Wildman–Crippen LogP) is 3.13. The molecule has 0 unspecified atom stereocenters. The molecule has 2 aliphatic rings. The minimum absolute atomic E-state index is 0.0781. The van der Waals surface area contributed by atoms with Gasteiger partial charge in [-0.05, 0) is 37.7 Å². The second kappa shape index (κ2) is 6.87. The molecule has 5 nitrogen and oxygen atoms in total. The van der Waals surface area contributed by atoms with E-state index in [1.54, 1.807) is 15.9 Å². The molecule has 4 rings (SSSR count). The van der Waals surface area contributed by atoms with Crippen molar-refractivity contribution in [2.24, 2.45) is 0 Å². The summed E-state index contributed by atoms with van der Waals surface area (Å²) >= 11 is 3.18. The molecule has 1 aliphatic carbocycles.